The number of aromatic amines is 1. The maximum atomic E-state index is 15.6. The molecule has 4 heterocycles. The van der Waals surface area contributed by atoms with E-state index in [0.717, 1.165) is 0 Å². The highest BCUT2D eigenvalue weighted by Gasteiger charge is 2.43. The van der Waals surface area contributed by atoms with Gasteiger partial charge in [-0.2, -0.15) is 5.10 Å². The van der Waals surface area contributed by atoms with Gasteiger partial charge in [0.15, 0.2) is 17.2 Å². The Kier molecular flexibility index (Phi) is 5.43. The highest BCUT2D eigenvalue weighted by Crippen LogP contribution is 2.46. The number of aliphatic carboxylic acids is 1. The molecule has 1 aromatic carbocycles. The van der Waals surface area contributed by atoms with E-state index < -0.39 is 29.7 Å². The predicted octanol–water partition coefficient (Wildman–Crippen LogP) is 4.51. The van der Waals surface area contributed by atoms with Gasteiger partial charge in [0.05, 0.1) is 24.4 Å². The summed E-state index contributed by atoms with van der Waals surface area (Å²) in [6.07, 6.45) is 1.06. The molecule has 11 heteroatoms. The Morgan fingerprint density at radius 3 is 2.79 bits per heavy atom. The zero-order valence-corrected chi connectivity index (χ0v) is 18.1. The molecule has 0 radical (unpaired) electrons. The lowest BCUT2D eigenvalue weighted by Crippen LogP contribution is -2.24. The standard InChI is InChI=1S/C23H21F3N4O4/c1-33-17-9-14(2-3-15(17)24)30-16-8-13-11-27-29-22(13)28-20(16)19(23(25,26)10-18(31)32)21(30)12-4-6-34-7-5-12/h2-3,8-9,11-12H,4-7,10H2,1H3,(H,31,32)(H,27,28,29). The van der Waals surface area contributed by atoms with Crippen molar-refractivity contribution < 1.29 is 32.5 Å². The van der Waals surface area contributed by atoms with Gasteiger partial charge in [0, 0.05) is 42.0 Å². The molecule has 4 aromatic rings. The molecule has 1 aliphatic heterocycles. The molecule has 0 spiro atoms. The van der Waals surface area contributed by atoms with Crippen LogP contribution < -0.4 is 4.74 Å². The van der Waals surface area contributed by atoms with Crippen LogP contribution in [0.25, 0.3) is 27.8 Å². The maximum absolute atomic E-state index is 15.6. The number of ether oxygens (including phenoxy) is 2. The number of hydrogen-bond acceptors (Lipinski definition) is 5. The van der Waals surface area contributed by atoms with Crippen molar-refractivity contribution in [2.75, 3.05) is 20.3 Å². The first-order valence-corrected chi connectivity index (χ1v) is 10.7. The normalized spacial score (nSPS) is 15.3. The molecule has 34 heavy (non-hydrogen) atoms. The molecule has 0 atom stereocenters. The topological polar surface area (TPSA) is 102 Å². The van der Waals surface area contributed by atoms with E-state index in [1.807, 2.05) is 0 Å². The number of nitrogens with one attached hydrogen (secondary N) is 1. The minimum Gasteiger partial charge on any atom is -0.494 e. The number of carboxylic acid groups (broad SMARTS) is 1. The Morgan fingerprint density at radius 2 is 2.09 bits per heavy atom. The number of H-pyrrole nitrogens is 1. The third kappa shape index (κ3) is 3.65. The van der Waals surface area contributed by atoms with Gasteiger partial charge < -0.3 is 19.1 Å². The van der Waals surface area contributed by atoms with Crippen molar-refractivity contribution >= 4 is 28.0 Å². The Bertz CT molecular complexity index is 1390. The summed E-state index contributed by atoms with van der Waals surface area (Å²) in [4.78, 5) is 15.8. The molecule has 8 nitrogen and oxygen atoms in total. The lowest BCUT2D eigenvalue weighted by Gasteiger charge is -2.27. The summed E-state index contributed by atoms with van der Waals surface area (Å²) >= 11 is 0. The number of rotatable bonds is 6. The van der Waals surface area contributed by atoms with Gasteiger partial charge in [-0.3, -0.25) is 9.89 Å². The summed E-state index contributed by atoms with van der Waals surface area (Å²) in [5.41, 5.74) is 0.791. The third-order valence-electron chi connectivity index (χ3n) is 6.12. The smallest absolute Gasteiger partial charge is 0.309 e. The first-order chi connectivity index (χ1) is 16.3. The van der Waals surface area contributed by atoms with Crippen molar-refractivity contribution in [2.24, 2.45) is 0 Å². The van der Waals surface area contributed by atoms with Crippen LogP contribution in [-0.4, -0.2) is 51.1 Å². The van der Waals surface area contributed by atoms with Crippen LogP contribution in [0.2, 0.25) is 0 Å². The number of benzene rings is 1. The second-order valence-corrected chi connectivity index (χ2v) is 8.24. The van der Waals surface area contributed by atoms with Crippen LogP contribution in [0, 0.1) is 5.82 Å². The lowest BCUT2D eigenvalue weighted by molar-refractivity contribution is -0.145. The number of halogens is 3. The van der Waals surface area contributed by atoms with Crippen LogP contribution >= 0.6 is 0 Å². The van der Waals surface area contributed by atoms with Crippen LogP contribution in [0.4, 0.5) is 13.2 Å². The summed E-state index contributed by atoms with van der Waals surface area (Å²) in [7, 11) is 1.32. The molecule has 2 N–H and O–H groups in total. The third-order valence-corrected chi connectivity index (χ3v) is 6.12. The number of aromatic nitrogens is 4. The summed E-state index contributed by atoms with van der Waals surface area (Å²) in [5.74, 6) is -6.34. The Hall–Kier alpha value is -3.60. The minimum absolute atomic E-state index is 0.0345. The van der Waals surface area contributed by atoms with Crippen molar-refractivity contribution in [1.82, 2.24) is 19.7 Å². The number of methoxy groups -OCH3 is 1. The zero-order chi connectivity index (χ0) is 24.0. The number of carbonyl (C=O) groups is 1. The van der Waals surface area contributed by atoms with Gasteiger partial charge >= 0.3 is 5.97 Å². The van der Waals surface area contributed by atoms with Gasteiger partial charge in [-0.05, 0) is 31.0 Å². The van der Waals surface area contributed by atoms with E-state index in [-0.39, 0.29) is 22.9 Å². The molecule has 1 fully saturated rings. The highest BCUT2D eigenvalue weighted by atomic mass is 19.3. The first kappa shape index (κ1) is 22.2. The quantitative estimate of drug-likeness (QED) is 0.426. The van der Waals surface area contributed by atoms with Crippen LogP contribution in [-0.2, 0) is 15.5 Å². The average molecular weight is 474 g/mol. The molecular formula is C23H21F3N4O4. The number of fused-ring (bicyclic) bond motifs is 2. The summed E-state index contributed by atoms with van der Waals surface area (Å²) < 4.78 is 57.7. The molecule has 178 valence electrons. The summed E-state index contributed by atoms with van der Waals surface area (Å²) in [6.45, 7) is 0.752. The first-order valence-electron chi connectivity index (χ1n) is 10.7. The van der Waals surface area contributed by atoms with E-state index >= 15 is 8.78 Å². The SMILES string of the molecule is COc1cc(-n2c(C3CCOCC3)c(C(F)(F)CC(=O)O)c3nc4[nH]ncc4cc32)ccc1F. The van der Waals surface area contributed by atoms with Crippen molar-refractivity contribution in [3.8, 4) is 11.4 Å². The largest absolute Gasteiger partial charge is 0.494 e. The van der Waals surface area contributed by atoms with Crippen LogP contribution in [0.1, 0.15) is 36.4 Å². The summed E-state index contributed by atoms with van der Waals surface area (Å²) in [6, 6.07) is 5.77. The number of nitrogens with zero attached hydrogens (tertiary/aromatic N) is 3. The maximum Gasteiger partial charge on any atom is 0.309 e. The van der Waals surface area contributed by atoms with E-state index in [2.05, 4.69) is 15.2 Å². The van der Waals surface area contributed by atoms with Crippen LogP contribution in [0.5, 0.6) is 5.75 Å². The number of hydrogen-bond donors (Lipinski definition) is 2. The zero-order valence-electron chi connectivity index (χ0n) is 18.1. The van der Waals surface area contributed by atoms with Crippen molar-refractivity contribution in [2.45, 2.75) is 31.1 Å². The van der Waals surface area contributed by atoms with E-state index in [1.54, 1.807) is 10.6 Å². The molecule has 3 aromatic heterocycles. The minimum atomic E-state index is -3.71. The van der Waals surface area contributed by atoms with Crippen molar-refractivity contribution in [3.05, 3.63) is 47.5 Å². The molecule has 5 rings (SSSR count). The molecular weight excluding hydrogens is 453 g/mol. The molecule has 0 amide bonds. The molecule has 0 saturated carbocycles. The van der Waals surface area contributed by atoms with E-state index in [9.17, 15) is 14.3 Å². The van der Waals surface area contributed by atoms with Crippen LogP contribution in [0.3, 0.4) is 0 Å². The molecule has 1 aliphatic rings. The molecule has 0 aliphatic carbocycles. The second-order valence-electron chi connectivity index (χ2n) is 8.24. The summed E-state index contributed by atoms with van der Waals surface area (Å²) in [5, 5.41) is 16.5. The predicted molar refractivity (Wildman–Crippen MR) is 116 cm³/mol. The van der Waals surface area contributed by atoms with Crippen LogP contribution in [0.15, 0.2) is 30.5 Å². The fourth-order valence-corrected chi connectivity index (χ4v) is 4.65. The number of pyridine rings is 1. The number of alkyl halides is 2. The fraction of sp³-hybridized carbons (Fsp3) is 0.348. The fourth-order valence-electron chi connectivity index (χ4n) is 4.65. The van der Waals surface area contributed by atoms with Gasteiger partial charge in [-0.15, -0.1) is 0 Å². The van der Waals surface area contributed by atoms with Gasteiger partial charge in [-0.25, -0.2) is 18.2 Å². The van der Waals surface area contributed by atoms with Crippen molar-refractivity contribution in [3.63, 3.8) is 0 Å². The van der Waals surface area contributed by atoms with E-state index in [1.165, 1.54) is 31.5 Å². The Balaban J connectivity index is 1.91. The van der Waals surface area contributed by atoms with Crippen molar-refractivity contribution in [1.29, 1.82) is 0 Å². The Labute approximate surface area is 191 Å². The van der Waals surface area contributed by atoms with E-state index in [4.69, 9.17) is 9.47 Å². The lowest BCUT2D eigenvalue weighted by atomic mass is 9.90. The van der Waals surface area contributed by atoms with Gasteiger partial charge in [0.25, 0.3) is 5.92 Å². The van der Waals surface area contributed by atoms with Gasteiger partial charge in [-0.1, -0.05) is 0 Å². The monoisotopic (exact) mass is 474 g/mol. The molecule has 1 saturated heterocycles. The van der Waals surface area contributed by atoms with Gasteiger partial charge in [0.1, 0.15) is 11.9 Å². The molecule has 0 unspecified atom stereocenters. The Morgan fingerprint density at radius 1 is 1.32 bits per heavy atom. The van der Waals surface area contributed by atoms with Gasteiger partial charge in [0.2, 0.25) is 0 Å². The number of carboxylic acids is 1. The highest BCUT2D eigenvalue weighted by molar-refractivity contribution is 5.94. The van der Waals surface area contributed by atoms with E-state index in [0.29, 0.717) is 48.3 Å². The molecule has 0 bridgehead atoms. The average Bonchev–Trinajstić information content (AvgIpc) is 3.39. The second kappa shape index (κ2) is 8.32.